The van der Waals surface area contributed by atoms with E-state index in [2.05, 4.69) is 34.9 Å². The lowest BCUT2D eigenvalue weighted by Crippen LogP contribution is -2.10. The van der Waals surface area contributed by atoms with Gasteiger partial charge in [0.05, 0.1) is 15.9 Å². The molecule has 15 heavy (non-hydrogen) atoms. The molecule has 0 saturated carbocycles. The highest BCUT2D eigenvalue weighted by Gasteiger charge is 2.14. The molecule has 0 spiro atoms. The van der Waals surface area contributed by atoms with Crippen molar-refractivity contribution in [3.8, 4) is 0 Å². The van der Waals surface area contributed by atoms with Crippen molar-refractivity contribution in [1.82, 2.24) is 9.78 Å². The Balaban J connectivity index is 2.76. The van der Waals surface area contributed by atoms with E-state index < -0.39 is 0 Å². The Morgan fingerprint density at radius 3 is 2.53 bits per heavy atom. The van der Waals surface area contributed by atoms with Gasteiger partial charge in [-0.05, 0) is 28.8 Å². The molecule has 0 saturated heterocycles. The van der Waals surface area contributed by atoms with E-state index in [1.807, 2.05) is 14.0 Å². The molecule has 0 fully saturated rings. The molecule has 3 nitrogen and oxygen atoms in total. The molecule has 0 unspecified atom stereocenters. The molecule has 1 aromatic heterocycles. The predicted molar refractivity (Wildman–Crippen MR) is 63.8 cm³/mol. The average molecular weight is 273 g/mol. The van der Waals surface area contributed by atoms with Crippen molar-refractivity contribution in [2.45, 2.75) is 33.6 Å². The molecule has 0 radical (unpaired) electrons. The molecule has 84 valence electrons. The Kier molecular flexibility index (Phi) is 4.08. The lowest BCUT2D eigenvalue weighted by Gasteiger charge is -2.04. The Bertz CT molecular complexity index is 369. The van der Waals surface area contributed by atoms with E-state index in [1.165, 1.54) is 0 Å². The molecular weight excluding hydrogens is 256 g/mol. The van der Waals surface area contributed by atoms with Gasteiger partial charge >= 0.3 is 0 Å². The third kappa shape index (κ3) is 3.16. The molecule has 0 amide bonds. The van der Waals surface area contributed by atoms with Crippen LogP contribution in [0.1, 0.15) is 31.7 Å². The van der Waals surface area contributed by atoms with Gasteiger partial charge in [-0.1, -0.05) is 13.8 Å². The molecule has 0 N–H and O–H groups in total. The van der Waals surface area contributed by atoms with Crippen LogP contribution in [0.25, 0.3) is 0 Å². The van der Waals surface area contributed by atoms with Crippen molar-refractivity contribution in [3.05, 3.63) is 15.9 Å². The number of ketones is 1. The number of carbonyl (C=O) groups excluding carboxylic acids is 1. The number of hydrogen-bond acceptors (Lipinski definition) is 2. The molecule has 0 aliphatic heterocycles. The van der Waals surface area contributed by atoms with Crippen molar-refractivity contribution in [2.75, 3.05) is 0 Å². The van der Waals surface area contributed by atoms with Gasteiger partial charge in [-0.2, -0.15) is 5.10 Å². The molecule has 0 aliphatic carbocycles. The number of rotatable bonds is 4. The number of hydrogen-bond donors (Lipinski definition) is 0. The second-order valence-electron chi connectivity index (χ2n) is 4.28. The highest BCUT2D eigenvalue weighted by atomic mass is 79.9. The van der Waals surface area contributed by atoms with Crippen LogP contribution in [0.3, 0.4) is 0 Å². The normalized spacial score (nSPS) is 11.1. The van der Waals surface area contributed by atoms with Crippen molar-refractivity contribution >= 4 is 21.7 Å². The number of aryl methyl sites for hydroxylation is 2. The van der Waals surface area contributed by atoms with Gasteiger partial charge in [0, 0.05) is 19.9 Å². The zero-order chi connectivity index (χ0) is 11.6. The first-order chi connectivity index (χ1) is 6.91. The quantitative estimate of drug-likeness (QED) is 0.845. The fourth-order valence-electron chi connectivity index (χ4n) is 1.59. The van der Waals surface area contributed by atoms with Crippen LogP contribution < -0.4 is 0 Å². The molecule has 0 atom stereocenters. The first-order valence-corrected chi connectivity index (χ1v) is 5.90. The topological polar surface area (TPSA) is 34.9 Å². The minimum absolute atomic E-state index is 0.272. The largest absolute Gasteiger partial charge is 0.299 e. The van der Waals surface area contributed by atoms with E-state index in [1.54, 1.807) is 4.68 Å². The van der Waals surface area contributed by atoms with Crippen LogP contribution in [0.5, 0.6) is 0 Å². The maximum Gasteiger partial charge on any atom is 0.139 e. The van der Waals surface area contributed by atoms with Gasteiger partial charge in [0.2, 0.25) is 0 Å². The molecular formula is C11H17BrN2O. The predicted octanol–water partition coefficient (Wildman–Crippen LogP) is 2.65. The summed E-state index contributed by atoms with van der Waals surface area (Å²) in [5.74, 6) is 0.694. The van der Waals surface area contributed by atoms with E-state index in [-0.39, 0.29) is 5.78 Å². The zero-order valence-electron chi connectivity index (χ0n) is 9.67. The average Bonchev–Trinajstić information content (AvgIpc) is 2.31. The summed E-state index contributed by atoms with van der Waals surface area (Å²) in [7, 11) is 1.87. The smallest absolute Gasteiger partial charge is 0.139 e. The van der Waals surface area contributed by atoms with Crippen LogP contribution in [0, 0.1) is 12.8 Å². The summed E-state index contributed by atoms with van der Waals surface area (Å²) in [6.07, 6.45) is 1.10. The van der Waals surface area contributed by atoms with Crippen LogP contribution in [0.4, 0.5) is 0 Å². The van der Waals surface area contributed by atoms with Crippen LogP contribution in [-0.4, -0.2) is 15.6 Å². The van der Waals surface area contributed by atoms with Crippen LogP contribution >= 0.6 is 15.9 Å². The van der Waals surface area contributed by atoms with Crippen molar-refractivity contribution in [1.29, 1.82) is 0 Å². The Morgan fingerprint density at radius 1 is 1.53 bits per heavy atom. The van der Waals surface area contributed by atoms with Gasteiger partial charge < -0.3 is 0 Å². The minimum atomic E-state index is 0.272. The van der Waals surface area contributed by atoms with Gasteiger partial charge in [-0.15, -0.1) is 0 Å². The minimum Gasteiger partial charge on any atom is -0.299 e. The lowest BCUT2D eigenvalue weighted by atomic mass is 10.0. The first-order valence-electron chi connectivity index (χ1n) is 5.11. The van der Waals surface area contributed by atoms with Crippen LogP contribution in [0.2, 0.25) is 0 Å². The SMILES string of the molecule is Cc1nn(C)c(CC(=O)CC(C)C)c1Br. The summed E-state index contributed by atoms with van der Waals surface area (Å²) in [4.78, 5) is 11.7. The van der Waals surface area contributed by atoms with E-state index in [9.17, 15) is 4.79 Å². The molecule has 0 aliphatic rings. The van der Waals surface area contributed by atoms with Crippen molar-refractivity contribution in [3.63, 3.8) is 0 Å². The number of Topliss-reactive ketones (excluding diaryl/α,β-unsaturated/α-hetero) is 1. The van der Waals surface area contributed by atoms with Gasteiger partial charge in [0.25, 0.3) is 0 Å². The van der Waals surface area contributed by atoms with Gasteiger partial charge in [-0.3, -0.25) is 9.48 Å². The third-order valence-electron chi connectivity index (χ3n) is 2.26. The van der Waals surface area contributed by atoms with Crippen molar-refractivity contribution < 1.29 is 4.79 Å². The zero-order valence-corrected chi connectivity index (χ0v) is 11.3. The number of carbonyl (C=O) groups is 1. The van der Waals surface area contributed by atoms with Crippen LogP contribution in [-0.2, 0) is 18.3 Å². The molecule has 1 heterocycles. The van der Waals surface area contributed by atoms with Gasteiger partial charge in [0.15, 0.2) is 0 Å². The lowest BCUT2D eigenvalue weighted by molar-refractivity contribution is -0.119. The van der Waals surface area contributed by atoms with E-state index in [0.717, 1.165) is 15.9 Å². The highest BCUT2D eigenvalue weighted by molar-refractivity contribution is 9.10. The molecule has 0 bridgehead atoms. The maximum absolute atomic E-state index is 11.7. The first kappa shape index (κ1) is 12.4. The summed E-state index contributed by atoms with van der Waals surface area (Å²) in [6.45, 7) is 6.05. The summed E-state index contributed by atoms with van der Waals surface area (Å²) in [6, 6.07) is 0. The Labute approximate surface area is 99.0 Å². The number of halogens is 1. The standard InChI is InChI=1S/C11H17BrN2O/c1-7(2)5-9(15)6-10-11(12)8(3)13-14(10)4/h7H,5-6H2,1-4H3. The van der Waals surface area contributed by atoms with E-state index >= 15 is 0 Å². The van der Waals surface area contributed by atoms with E-state index in [4.69, 9.17) is 0 Å². The van der Waals surface area contributed by atoms with Crippen molar-refractivity contribution in [2.24, 2.45) is 13.0 Å². The summed E-state index contributed by atoms with van der Waals surface area (Å²) in [5, 5.41) is 4.26. The second-order valence-corrected chi connectivity index (χ2v) is 5.08. The Hall–Kier alpha value is -0.640. The summed E-state index contributed by atoms with van der Waals surface area (Å²) < 4.78 is 2.74. The fraction of sp³-hybridized carbons (Fsp3) is 0.636. The van der Waals surface area contributed by atoms with Gasteiger partial charge in [0.1, 0.15) is 5.78 Å². The van der Waals surface area contributed by atoms with Crippen LogP contribution in [0.15, 0.2) is 4.47 Å². The molecule has 0 aromatic carbocycles. The summed E-state index contributed by atoms with van der Waals surface area (Å²) >= 11 is 3.46. The molecule has 1 aromatic rings. The third-order valence-corrected chi connectivity index (χ3v) is 3.29. The molecule has 4 heteroatoms. The highest BCUT2D eigenvalue weighted by Crippen LogP contribution is 2.21. The second kappa shape index (κ2) is 4.92. The maximum atomic E-state index is 11.7. The molecule has 1 rings (SSSR count). The number of aromatic nitrogens is 2. The fourth-order valence-corrected chi connectivity index (χ4v) is 2.06. The Morgan fingerprint density at radius 2 is 2.13 bits per heavy atom. The number of nitrogens with zero attached hydrogens (tertiary/aromatic N) is 2. The van der Waals surface area contributed by atoms with Gasteiger partial charge in [-0.25, -0.2) is 0 Å². The monoisotopic (exact) mass is 272 g/mol. The van der Waals surface area contributed by atoms with E-state index in [0.29, 0.717) is 18.8 Å². The summed E-state index contributed by atoms with van der Waals surface area (Å²) in [5.41, 5.74) is 1.91.